The van der Waals surface area contributed by atoms with Crippen molar-refractivity contribution in [2.24, 2.45) is 0 Å². The van der Waals surface area contributed by atoms with E-state index in [-0.39, 0.29) is 11.7 Å². The van der Waals surface area contributed by atoms with Crippen LogP contribution in [-0.4, -0.2) is 31.8 Å². The largest absolute Gasteiger partial charge is 0.508 e. The number of phenols is 1. The first-order valence-corrected chi connectivity index (χ1v) is 7.58. The molecule has 0 saturated carbocycles. The predicted molar refractivity (Wildman–Crippen MR) is 93.4 cm³/mol. The van der Waals surface area contributed by atoms with Crippen molar-refractivity contribution >= 4 is 12.0 Å². The minimum atomic E-state index is -0.163. The molecule has 2 aromatic rings. The summed E-state index contributed by atoms with van der Waals surface area (Å²) in [7, 11) is 3.15. The fourth-order valence-electron chi connectivity index (χ4n) is 2.18. The van der Waals surface area contributed by atoms with Gasteiger partial charge in [0.2, 0.25) is 5.91 Å². The number of nitrogens with one attached hydrogen (secondary N) is 1. The van der Waals surface area contributed by atoms with Crippen LogP contribution >= 0.6 is 0 Å². The van der Waals surface area contributed by atoms with Gasteiger partial charge in [-0.1, -0.05) is 18.2 Å². The molecule has 0 aliphatic carbocycles. The molecule has 5 nitrogen and oxygen atoms in total. The summed E-state index contributed by atoms with van der Waals surface area (Å²) in [6.07, 6.45) is 3.91. The molecule has 0 aromatic heterocycles. The van der Waals surface area contributed by atoms with Gasteiger partial charge in [0.25, 0.3) is 0 Å². The molecule has 0 fully saturated rings. The SMILES string of the molecule is COc1ccc(/C=C/C(=O)NCCc2ccc(O)cc2)cc1OC. The van der Waals surface area contributed by atoms with Gasteiger partial charge in [-0.25, -0.2) is 0 Å². The van der Waals surface area contributed by atoms with Gasteiger partial charge in [-0.3, -0.25) is 4.79 Å². The Kier molecular flexibility index (Phi) is 6.25. The van der Waals surface area contributed by atoms with Gasteiger partial charge in [-0.15, -0.1) is 0 Å². The van der Waals surface area contributed by atoms with Gasteiger partial charge in [-0.05, 0) is 47.9 Å². The van der Waals surface area contributed by atoms with Crippen molar-refractivity contribution in [3.8, 4) is 17.2 Å². The molecule has 1 amide bonds. The fourth-order valence-corrected chi connectivity index (χ4v) is 2.18. The van der Waals surface area contributed by atoms with E-state index in [1.165, 1.54) is 6.08 Å². The smallest absolute Gasteiger partial charge is 0.244 e. The highest BCUT2D eigenvalue weighted by atomic mass is 16.5. The number of hydrogen-bond acceptors (Lipinski definition) is 4. The number of hydrogen-bond donors (Lipinski definition) is 2. The summed E-state index contributed by atoms with van der Waals surface area (Å²) >= 11 is 0. The Hall–Kier alpha value is -2.95. The van der Waals surface area contributed by atoms with E-state index in [0.29, 0.717) is 24.5 Å². The quantitative estimate of drug-likeness (QED) is 0.767. The maximum atomic E-state index is 11.8. The molecule has 0 radical (unpaired) electrons. The predicted octanol–water partition coefficient (Wildman–Crippen LogP) is 2.78. The summed E-state index contributed by atoms with van der Waals surface area (Å²) in [6.45, 7) is 0.528. The lowest BCUT2D eigenvalue weighted by Gasteiger charge is -2.07. The Morgan fingerprint density at radius 1 is 1.08 bits per heavy atom. The molecule has 0 heterocycles. The lowest BCUT2D eigenvalue weighted by Crippen LogP contribution is -2.23. The molecule has 0 unspecified atom stereocenters. The number of aromatic hydroxyl groups is 1. The van der Waals surface area contributed by atoms with E-state index in [1.807, 2.05) is 18.2 Å². The van der Waals surface area contributed by atoms with Gasteiger partial charge in [0, 0.05) is 12.6 Å². The highest BCUT2D eigenvalue weighted by Crippen LogP contribution is 2.27. The van der Waals surface area contributed by atoms with E-state index in [4.69, 9.17) is 9.47 Å². The number of ether oxygens (including phenoxy) is 2. The molecule has 0 aliphatic rings. The van der Waals surface area contributed by atoms with Crippen LogP contribution in [0.3, 0.4) is 0 Å². The van der Waals surface area contributed by atoms with Crippen LogP contribution in [0, 0.1) is 0 Å². The summed E-state index contributed by atoms with van der Waals surface area (Å²) in [6, 6.07) is 12.4. The van der Waals surface area contributed by atoms with E-state index in [0.717, 1.165) is 11.1 Å². The number of phenolic OH excluding ortho intramolecular Hbond substituents is 1. The van der Waals surface area contributed by atoms with Crippen molar-refractivity contribution in [2.75, 3.05) is 20.8 Å². The highest BCUT2D eigenvalue weighted by molar-refractivity contribution is 5.91. The van der Waals surface area contributed by atoms with Crippen LogP contribution in [0.15, 0.2) is 48.5 Å². The van der Waals surface area contributed by atoms with E-state index < -0.39 is 0 Å². The van der Waals surface area contributed by atoms with E-state index in [9.17, 15) is 9.90 Å². The van der Waals surface area contributed by atoms with Crippen molar-refractivity contribution in [2.45, 2.75) is 6.42 Å². The monoisotopic (exact) mass is 327 g/mol. The van der Waals surface area contributed by atoms with Gasteiger partial charge in [0.1, 0.15) is 5.75 Å². The van der Waals surface area contributed by atoms with Crippen LogP contribution < -0.4 is 14.8 Å². The lowest BCUT2D eigenvalue weighted by atomic mass is 10.1. The second-order valence-electron chi connectivity index (χ2n) is 5.16. The average molecular weight is 327 g/mol. The zero-order valence-corrected chi connectivity index (χ0v) is 13.8. The van der Waals surface area contributed by atoms with Crippen molar-refractivity contribution in [3.63, 3.8) is 0 Å². The number of carbonyl (C=O) groups is 1. The van der Waals surface area contributed by atoms with Gasteiger partial charge >= 0.3 is 0 Å². The number of rotatable bonds is 7. The molecule has 24 heavy (non-hydrogen) atoms. The molecule has 0 atom stereocenters. The van der Waals surface area contributed by atoms with Crippen LogP contribution in [-0.2, 0) is 11.2 Å². The van der Waals surface area contributed by atoms with Gasteiger partial charge < -0.3 is 19.9 Å². The number of methoxy groups -OCH3 is 2. The molecular formula is C19H21NO4. The number of carbonyl (C=O) groups excluding carboxylic acids is 1. The maximum absolute atomic E-state index is 11.8. The minimum Gasteiger partial charge on any atom is -0.508 e. The maximum Gasteiger partial charge on any atom is 0.244 e. The first kappa shape index (κ1) is 17.4. The van der Waals surface area contributed by atoms with Crippen molar-refractivity contribution in [1.29, 1.82) is 0 Å². The Balaban J connectivity index is 1.85. The minimum absolute atomic E-state index is 0.163. The molecule has 2 rings (SSSR count). The number of amides is 1. The third kappa shape index (κ3) is 5.05. The van der Waals surface area contributed by atoms with Crippen molar-refractivity contribution < 1.29 is 19.4 Å². The topological polar surface area (TPSA) is 67.8 Å². The summed E-state index contributed by atoms with van der Waals surface area (Å²) < 4.78 is 10.4. The van der Waals surface area contributed by atoms with Crippen molar-refractivity contribution in [3.05, 3.63) is 59.7 Å². The first-order chi connectivity index (χ1) is 11.6. The van der Waals surface area contributed by atoms with Crippen LogP contribution in [0.5, 0.6) is 17.2 Å². The van der Waals surface area contributed by atoms with Gasteiger partial charge in [-0.2, -0.15) is 0 Å². The molecule has 2 N–H and O–H groups in total. The second kappa shape index (κ2) is 8.62. The summed E-state index contributed by atoms with van der Waals surface area (Å²) in [5.74, 6) is 1.34. The third-order valence-corrected chi connectivity index (χ3v) is 3.48. The highest BCUT2D eigenvalue weighted by Gasteiger charge is 2.03. The first-order valence-electron chi connectivity index (χ1n) is 7.58. The molecule has 2 aromatic carbocycles. The molecular weight excluding hydrogens is 306 g/mol. The molecule has 5 heteroatoms. The van der Waals surface area contributed by atoms with Crippen LogP contribution in [0.4, 0.5) is 0 Å². The molecule has 0 aliphatic heterocycles. The molecule has 0 spiro atoms. The van der Waals surface area contributed by atoms with Crippen LogP contribution in [0.1, 0.15) is 11.1 Å². The summed E-state index contributed by atoms with van der Waals surface area (Å²) in [5.41, 5.74) is 1.90. The van der Waals surface area contributed by atoms with Gasteiger partial charge in [0.05, 0.1) is 14.2 Å². The van der Waals surface area contributed by atoms with Crippen LogP contribution in [0.25, 0.3) is 6.08 Å². The van der Waals surface area contributed by atoms with E-state index in [2.05, 4.69) is 5.32 Å². The molecule has 126 valence electrons. The molecule has 0 saturated heterocycles. The Morgan fingerprint density at radius 2 is 1.79 bits per heavy atom. The zero-order valence-electron chi connectivity index (χ0n) is 13.8. The van der Waals surface area contributed by atoms with E-state index >= 15 is 0 Å². The van der Waals surface area contributed by atoms with Gasteiger partial charge in [0.15, 0.2) is 11.5 Å². The van der Waals surface area contributed by atoms with E-state index in [1.54, 1.807) is 44.6 Å². The summed E-state index contributed by atoms with van der Waals surface area (Å²) in [4.78, 5) is 11.8. The Morgan fingerprint density at radius 3 is 2.46 bits per heavy atom. The third-order valence-electron chi connectivity index (χ3n) is 3.48. The van der Waals surface area contributed by atoms with Crippen molar-refractivity contribution in [1.82, 2.24) is 5.32 Å². The van der Waals surface area contributed by atoms with Crippen LogP contribution in [0.2, 0.25) is 0 Å². The normalized spacial score (nSPS) is 10.6. The fraction of sp³-hybridized carbons (Fsp3) is 0.211. The summed E-state index contributed by atoms with van der Waals surface area (Å²) in [5, 5.41) is 12.0. The zero-order chi connectivity index (χ0) is 17.4. The lowest BCUT2D eigenvalue weighted by molar-refractivity contribution is -0.116. The Bertz CT molecular complexity index is 708. The molecule has 0 bridgehead atoms. The number of benzene rings is 2. The average Bonchev–Trinajstić information content (AvgIpc) is 2.61. The second-order valence-corrected chi connectivity index (χ2v) is 5.16. The standard InChI is InChI=1S/C19H21NO4/c1-23-17-9-5-15(13-18(17)24-2)6-10-19(22)20-12-11-14-3-7-16(21)8-4-14/h3-10,13,21H,11-12H2,1-2H3,(H,20,22)/b10-6+. The Labute approximate surface area is 141 Å².